The summed E-state index contributed by atoms with van der Waals surface area (Å²) in [4.78, 5) is 1.50. The summed E-state index contributed by atoms with van der Waals surface area (Å²) in [6, 6.07) is 7.63. The Kier molecular flexibility index (Phi) is 1.75. The Morgan fingerprint density at radius 1 is 1.17 bits per heavy atom. The van der Waals surface area contributed by atoms with E-state index in [9.17, 15) is 0 Å². The Morgan fingerprint density at radius 3 is 2.25 bits per heavy atom. The smallest absolute Gasteiger partial charge is 0.113 e. The zero-order valence-corrected chi connectivity index (χ0v) is 6.51. The molecular weight excluding hydrogens is 154 g/mol. The van der Waals surface area contributed by atoms with Gasteiger partial charge in [-0.1, -0.05) is 12.1 Å². The van der Waals surface area contributed by atoms with Crippen LogP contribution >= 0.6 is 0 Å². The molecule has 1 heterocycles. The topological polar surface area (TPSA) is 50.9 Å². The third-order valence-electron chi connectivity index (χ3n) is 1.63. The highest BCUT2D eigenvalue weighted by Crippen LogP contribution is 2.06. The lowest BCUT2D eigenvalue weighted by molar-refractivity contribution is 0.261. The standard InChI is InChI=1S/C8H9N3O/c12-6-5-11-9-7-3-1-2-4-8(7)10-11/h1-4,12H,5-6H2. The minimum Gasteiger partial charge on any atom is -0.394 e. The van der Waals surface area contributed by atoms with Gasteiger partial charge in [0, 0.05) is 0 Å². The summed E-state index contributed by atoms with van der Waals surface area (Å²) >= 11 is 0. The van der Waals surface area contributed by atoms with Gasteiger partial charge in [0.15, 0.2) is 0 Å². The molecule has 0 aliphatic carbocycles. The van der Waals surface area contributed by atoms with Gasteiger partial charge in [0.05, 0.1) is 13.2 Å². The second-order valence-corrected chi connectivity index (χ2v) is 2.51. The van der Waals surface area contributed by atoms with E-state index in [2.05, 4.69) is 10.2 Å². The van der Waals surface area contributed by atoms with E-state index in [4.69, 9.17) is 5.11 Å². The van der Waals surface area contributed by atoms with Gasteiger partial charge in [-0.15, -0.1) is 0 Å². The van der Waals surface area contributed by atoms with Crippen LogP contribution in [0.5, 0.6) is 0 Å². The molecule has 1 aromatic heterocycles. The molecule has 4 nitrogen and oxygen atoms in total. The fourth-order valence-corrected chi connectivity index (χ4v) is 1.09. The van der Waals surface area contributed by atoms with Crippen molar-refractivity contribution < 1.29 is 5.11 Å². The minimum absolute atomic E-state index is 0.0704. The van der Waals surface area contributed by atoms with Crippen LogP contribution in [0.25, 0.3) is 11.0 Å². The Morgan fingerprint density at radius 2 is 1.75 bits per heavy atom. The maximum absolute atomic E-state index is 8.64. The number of aliphatic hydroxyl groups excluding tert-OH is 1. The number of hydrogen-bond donors (Lipinski definition) is 1. The molecule has 0 radical (unpaired) electrons. The first-order chi connectivity index (χ1) is 5.90. The fraction of sp³-hybridized carbons (Fsp3) is 0.250. The molecule has 62 valence electrons. The van der Waals surface area contributed by atoms with E-state index >= 15 is 0 Å². The SMILES string of the molecule is OCCn1nc2ccccc2n1. The fourth-order valence-electron chi connectivity index (χ4n) is 1.09. The molecule has 1 N–H and O–H groups in total. The van der Waals surface area contributed by atoms with E-state index in [-0.39, 0.29) is 6.61 Å². The molecule has 0 unspecified atom stereocenters. The largest absolute Gasteiger partial charge is 0.394 e. The molecule has 1 aromatic carbocycles. The van der Waals surface area contributed by atoms with Crippen LogP contribution in [0.4, 0.5) is 0 Å². The predicted molar refractivity (Wildman–Crippen MR) is 44.6 cm³/mol. The van der Waals surface area contributed by atoms with Crippen LogP contribution < -0.4 is 0 Å². The maximum atomic E-state index is 8.64. The normalized spacial score (nSPS) is 10.8. The molecule has 2 aromatic rings. The molecule has 0 atom stereocenters. The molecule has 0 amide bonds. The van der Waals surface area contributed by atoms with Gasteiger partial charge >= 0.3 is 0 Å². The highest BCUT2D eigenvalue weighted by Gasteiger charge is 1.98. The molecule has 0 spiro atoms. The number of fused-ring (bicyclic) bond motifs is 1. The van der Waals surface area contributed by atoms with E-state index < -0.39 is 0 Å². The summed E-state index contributed by atoms with van der Waals surface area (Å²) in [7, 11) is 0. The Labute approximate surface area is 69.4 Å². The summed E-state index contributed by atoms with van der Waals surface area (Å²) in [5, 5.41) is 16.9. The first kappa shape index (κ1) is 7.24. The molecule has 0 saturated heterocycles. The van der Waals surface area contributed by atoms with E-state index in [0.717, 1.165) is 11.0 Å². The van der Waals surface area contributed by atoms with Crippen molar-refractivity contribution in [3.8, 4) is 0 Å². The van der Waals surface area contributed by atoms with Gasteiger partial charge in [-0.25, -0.2) is 0 Å². The summed E-state index contributed by atoms with van der Waals surface area (Å²) < 4.78 is 0. The predicted octanol–water partition coefficient (Wildman–Crippen LogP) is 0.424. The molecule has 0 saturated carbocycles. The number of hydrogen-bond acceptors (Lipinski definition) is 3. The highest BCUT2D eigenvalue weighted by atomic mass is 16.3. The van der Waals surface area contributed by atoms with E-state index in [1.807, 2.05) is 24.3 Å². The van der Waals surface area contributed by atoms with Gasteiger partial charge in [-0.05, 0) is 12.1 Å². The van der Waals surface area contributed by atoms with Crippen molar-refractivity contribution in [2.75, 3.05) is 6.61 Å². The monoisotopic (exact) mass is 163 g/mol. The lowest BCUT2D eigenvalue weighted by atomic mass is 10.3. The third-order valence-corrected chi connectivity index (χ3v) is 1.63. The Hall–Kier alpha value is -1.42. The first-order valence-corrected chi connectivity index (χ1v) is 3.81. The van der Waals surface area contributed by atoms with Crippen molar-refractivity contribution >= 4 is 11.0 Å². The second kappa shape index (κ2) is 2.91. The summed E-state index contributed by atoms with van der Waals surface area (Å²) in [6.45, 7) is 0.523. The lowest BCUT2D eigenvalue weighted by Crippen LogP contribution is -2.05. The van der Waals surface area contributed by atoms with Crippen molar-refractivity contribution in [1.82, 2.24) is 15.0 Å². The molecule has 0 aliphatic heterocycles. The van der Waals surface area contributed by atoms with Crippen LogP contribution in [0.3, 0.4) is 0 Å². The zero-order chi connectivity index (χ0) is 8.39. The first-order valence-electron chi connectivity index (χ1n) is 3.81. The van der Waals surface area contributed by atoms with Crippen molar-refractivity contribution in [1.29, 1.82) is 0 Å². The summed E-state index contributed by atoms with van der Waals surface area (Å²) in [5.74, 6) is 0. The number of nitrogens with zero attached hydrogens (tertiary/aromatic N) is 3. The third kappa shape index (κ3) is 1.16. The second-order valence-electron chi connectivity index (χ2n) is 2.51. The van der Waals surface area contributed by atoms with Gasteiger partial charge in [0.1, 0.15) is 11.0 Å². The highest BCUT2D eigenvalue weighted by molar-refractivity contribution is 5.72. The minimum atomic E-state index is 0.0704. The van der Waals surface area contributed by atoms with E-state index in [1.54, 1.807) is 0 Å². The van der Waals surface area contributed by atoms with Crippen molar-refractivity contribution in [2.24, 2.45) is 0 Å². The molecule has 0 aliphatic rings. The number of benzene rings is 1. The van der Waals surface area contributed by atoms with Crippen LogP contribution in [0.1, 0.15) is 0 Å². The van der Waals surface area contributed by atoms with E-state index in [1.165, 1.54) is 4.80 Å². The van der Waals surface area contributed by atoms with Crippen LogP contribution in [0, 0.1) is 0 Å². The lowest BCUT2D eigenvalue weighted by Gasteiger charge is -1.90. The molecule has 0 bridgehead atoms. The quantitative estimate of drug-likeness (QED) is 0.698. The van der Waals surface area contributed by atoms with Crippen molar-refractivity contribution in [3.63, 3.8) is 0 Å². The molecule has 0 fully saturated rings. The Bertz CT molecular complexity index is 349. The summed E-state index contributed by atoms with van der Waals surface area (Å²) in [5.41, 5.74) is 1.73. The van der Waals surface area contributed by atoms with Crippen molar-refractivity contribution in [2.45, 2.75) is 6.54 Å². The number of aliphatic hydroxyl groups is 1. The molecule has 2 rings (SSSR count). The Balaban J connectivity index is 2.47. The van der Waals surface area contributed by atoms with Gasteiger partial charge in [-0.2, -0.15) is 15.0 Å². The number of aromatic nitrogens is 3. The molecule has 4 heteroatoms. The average Bonchev–Trinajstić information content (AvgIpc) is 2.47. The summed E-state index contributed by atoms with van der Waals surface area (Å²) in [6.07, 6.45) is 0. The average molecular weight is 163 g/mol. The van der Waals surface area contributed by atoms with Gasteiger partial charge < -0.3 is 5.11 Å². The molecular formula is C8H9N3O. The molecule has 12 heavy (non-hydrogen) atoms. The maximum Gasteiger partial charge on any atom is 0.113 e. The van der Waals surface area contributed by atoms with E-state index in [0.29, 0.717) is 6.54 Å². The van der Waals surface area contributed by atoms with Crippen LogP contribution in [0.2, 0.25) is 0 Å². The van der Waals surface area contributed by atoms with Gasteiger partial charge in [-0.3, -0.25) is 0 Å². The van der Waals surface area contributed by atoms with Crippen molar-refractivity contribution in [3.05, 3.63) is 24.3 Å². The van der Waals surface area contributed by atoms with Crippen LogP contribution in [-0.4, -0.2) is 26.7 Å². The zero-order valence-electron chi connectivity index (χ0n) is 6.51. The van der Waals surface area contributed by atoms with Gasteiger partial charge in [0.2, 0.25) is 0 Å². The van der Waals surface area contributed by atoms with Crippen LogP contribution in [-0.2, 0) is 6.54 Å². The number of rotatable bonds is 2. The van der Waals surface area contributed by atoms with Crippen LogP contribution in [0.15, 0.2) is 24.3 Å². The van der Waals surface area contributed by atoms with Gasteiger partial charge in [0.25, 0.3) is 0 Å².